The van der Waals surface area contributed by atoms with E-state index in [1.807, 2.05) is 13.8 Å². The van der Waals surface area contributed by atoms with Crippen LogP contribution in [0.3, 0.4) is 0 Å². The zero-order valence-electron chi connectivity index (χ0n) is 12.7. The molecule has 122 valence electrons. The first-order chi connectivity index (χ1) is 10.7. The minimum atomic E-state index is -4.00. The van der Waals surface area contributed by atoms with E-state index in [4.69, 9.17) is 16.7 Å². The SMILES string of the molecule is Cc1ccc(N(CC(=O)O)S(=O)(=O)c2ccc(Cl)cc2)cc1C. The Morgan fingerprint density at radius 3 is 2.22 bits per heavy atom. The highest BCUT2D eigenvalue weighted by atomic mass is 35.5. The van der Waals surface area contributed by atoms with E-state index in [2.05, 4.69) is 0 Å². The van der Waals surface area contributed by atoms with Crippen LogP contribution in [0.1, 0.15) is 11.1 Å². The first-order valence-corrected chi connectivity index (χ1v) is 8.61. The molecule has 0 spiro atoms. The van der Waals surface area contributed by atoms with Gasteiger partial charge in [0.25, 0.3) is 10.0 Å². The monoisotopic (exact) mass is 353 g/mol. The second kappa shape index (κ2) is 6.60. The molecule has 0 heterocycles. The van der Waals surface area contributed by atoms with Crippen molar-refractivity contribution in [1.82, 2.24) is 0 Å². The fourth-order valence-corrected chi connectivity index (χ4v) is 3.58. The lowest BCUT2D eigenvalue weighted by atomic mass is 10.1. The maximum absolute atomic E-state index is 12.8. The Hall–Kier alpha value is -2.05. The van der Waals surface area contributed by atoms with Gasteiger partial charge in [0.05, 0.1) is 10.6 Å². The molecule has 0 unspecified atom stereocenters. The molecule has 5 nitrogen and oxygen atoms in total. The van der Waals surface area contributed by atoms with Crippen molar-refractivity contribution in [1.29, 1.82) is 0 Å². The molecule has 2 aromatic rings. The van der Waals surface area contributed by atoms with Gasteiger partial charge in [0.15, 0.2) is 0 Å². The van der Waals surface area contributed by atoms with Gasteiger partial charge >= 0.3 is 5.97 Å². The minimum Gasteiger partial charge on any atom is -0.480 e. The maximum atomic E-state index is 12.8. The summed E-state index contributed by atoms with van der Waals surface area (Å²) in [6, 6.07) is 10.6. The maximum Gasteiger partial charge on any atom is 0.324 e. The van der Waals surface area contributed by atoms with Crippen molar-refractivity contribution in [3.63, 3.8) is 0 Å². The summed E-state index contributed by atoms with van der Waals surface area (Å²) in [7, 11) is -4.00. The number of anilines is 1. The van der Waals surface area contributed by atoms with Crippen LogP contribution in [0, 0.1) is 13.8 Å². The second-order valence-electron chi connectivity index (χ2n) is 5.13. The number of carboxylic acid groups (broad SMARTS) is 1. The molecule has 0 aliphatic heterocycles. The smallest absolute Gasteiger partial charge is 0.324 e. The largest absolute Gasteiger partial charge is 0.480 e. The molecule has 0 amide bonds. The number of rotatable bonds is 5. The molecule has 1 N–H and O–H groups in total. The molecule has 0 bridgehead atoms. The van der Waals surface area contributed by atoms with Crippen molar-refractivity contribution in [2.45, 2.75) is 18.7 Å². The van der Waals surface area contributed by atoms with E-state index in [9.17, 15) is 13.2 Å². The third-order valence-corrected chi connectivity index (χ3v) is 5.50. The molecule has 23 heavy (non-hydrogen) atoms. The number of benzene rings is 2. The second-order valence-corrected chi connectivity index (χ2v) is 7.43. The van der Waals surface area contributed by atoms with Gasteiger partial charge in [0.1, 0.15) is 6.54 Å². The number of aryl methyl sites for hydroxylation is 2. The zero-order chi connectivity index (χ0) is 17.2. The molecule has 0 aliphatic rings. The van der Waals surface area contributed by atoms with Gasteiger partial charge in [-0.05, 0) is 61.4 Å². The number of aliphatic carboxylic acids is 1. The van der Waals surface area contributed by atoms with Gasteiger partial charge in [-0.25, -0.2) is 8.42 Å². The van der Waals surface area contributed by atoms with Crippen molar-refractivity contribution < 1.29 is 18.3 Å². The van der Waals surface area contributed by atoms with Gasteiger partial charge in [-0.15, -0.1) is 0 Å². The standard InChI is InChI=1S/C16H16ClNO4S/c1-11-3-6-14(9-12(11)2)18(10-16(19)20)23(21,22)15-7-4-13(17)5-8-15/h3-9H,10H2,1-2H3,(H,19,20). The van der Waals surface area contributed by atoms with E-state index in [0.717, 1.165) is 15.4 Å². The van der Waals surface area contributed by atoms with Gasteiger partial charge in [0, 0.05) is 5.02 Å². The topological polar surface area (TPSA) is 74.7 Å². The summed E-state index contributed by atoms with van der Waals surface area (Å²) >= 11 is 5.78. The number of hydrogen-bond donors (Lipinski definition) is 1. The van der Waals surface area contributed by atoms with Crippen LogP contribution < -0.4 is 4.31 Å². The average Bonchev–Trinajstić information content (AvgIpc) is 2.48. The molecule has 0 radical (unpaired) electrons. The Kier molecular flexibility index (Phi) is 4.97. The minimum absolute atomic E-state index is 0.0126. The van der Waals surface area contributed by atoms with Gasteiger partial charge < -0.3 is 5.11 Å². The lowest BCUT2D eigenvalue weighted by Crippen LogP contribution is -2.35. The summed E-state index contributed by atoms with van der Waals surface area (Å²) in [5.74, 6) is -1.24. The summed E-state index contributed by atoms with van der Waals surface area (Å²) in [6.07, 6.45) is 0. The molecule has 0 atom stereocenters. The van der Waals surface area contributed by atoms with Crippen LogP contribution in [0.15, 0.2) is 47.4 Å². The third kappa shape index (κ3) is 3.83. The highest BCUT2D eigenvalue weighted by Gasteiger charge is 2.27. The van der Waals surface area contributed by atoms with E-state index >= 15 is 0 Å². The molecule has 0 saturated heterocycles. The summed E-state index contributed by atoms with van der Waals surface area (Å²) in [6.45, 7) is 3.08. The molecule has 0 aromatic heterocycles. The number of hydrogen-bond acceptors (Lipinski definition) is 3. The molecular weight excluding hydrogens is 338 g/mol. The molecule has 2 aromatic carbocycles. The summed E-state index contributed by atoms with van der Waals surface area (Å²) in [4.78, 5) is 11.1. The molecule has 0 saturated carbocycles. The van der Waals surface area contributed by atoms with Crippen molar-refractivity contribution in [2.75, 3.05) is 10.8 Å². The lowest BCUT2D eigenvalue weighted by molar-refractivity contribution is -0.135. The van der Waals surface area contributed by atoms with Gasteiger partial charge in [0.2, 0.25) is 0 Å². The van der Waals surface area contributed by atoms with E-state index in [0.29, 0.717) is 10.7 Å². The Balaban J connectivity index is 2.55. The van der Waals surface area contributed by atoms with Gasteiger partial charge in [-0.3, -0.25) is 9.10 Å². The third-order valence-electron chi connectivity index (χ3n) is 3.46. The fraction of sp³-hybridized carbons (Fsp3) is 0.188. The number of nitrogens with zero attached hydrogens (tertiary/aromatic N) is 1. The Labute approximate surface area is 140 Å². The van der Waals surface area contributed by atoms with Crippen molar-refractivity contribution in [2.24, 2.45) is 0 Å². The van der Waals surface area contributed by atoms with Crippen LogP contribution in [-0.2, 0) is 14.8 Å². The number of carboxylic acids is 1. The van der Waals surface area contributed by atoms with Gasteiger partial charge in [-0.2, -0.15) is 0 Å². The highest BCUT2D eigenvalue weighted by molar-refractivity contribution is 7.92. The Morgan fingerprint density at radius 1 is 1.09 bits per heavy atom. The van der Waals surface area contributed by atoms with Crippen LogP contribution in [-0.4, -0.2) is 26.0 Å². The summed E-state index contributed by atoms with van der Waals surface area (Å²) in [5, 5.41) is 9.50. The Morgan fingerprint density at radius 2 is 1.70 bits per heavy atom. The van der Waals surface area contributed by atoms with Crippen molar-refractivity contribution in [3.05, 3.63) is 58.6 Å². The van der Waals surface area contributed by atoms with Crippen LogP contribution >= 0.6 is 11.6 Å². The summed E-state index contributed by atoms with van der Waals surface area (Å²) in [5.41, 5.74) is 2.18. The zero-order valence-corrected chi connectivity index (χ0v) is 14.2. The number of carbonyl (C=O) groups is 1. The van der Waals surface area contributed by atoms with E-state index in [-0.39, 0.29) is 4.90 Å². The van der Waals surface area contributed by atoms with Crippen molar-refractivity contribution >= 4 is 33.3 Å². The van der Waals surface area contributed by atoms with E-state index in [1.54, 1.807) is 18.2 Å². The van der Waals surface area contributed by atoms with E-state index in [1.165, 1.54) is 24.3 Å². The molecule has 0 aliphatic carbocycles. The molecule has 7 heteroatoms. The Bertz CT molecular complexity index is 832. The van der Waals surface area contributed by atoms with Crippen molar-refractivity contribution in [3.8, 4) is 0 Å². The normalized spacial score (nSPS) is 11.3. The van der Waals surface area contributed by atoms with Gasteiger partial charge in [-0.1, -0.05) is 17.7 Å². The van der Waals surface area contributed by atoms with Crippen LogP contribution in [0.2, 0.25) is 5.02 Å². The first-order valence-electron chi connectivity index (χ1n) is 6.79. The predicted molar refractivity (Wildman–Crippen MR) is 89.5 cm³/mol. The van der Waals surface area contributed by atoms with E-state index < -0.39 is 22.5 Å². The first kappa shape index (κ1) is 17.3. The number of sulfonamides is 1. The molecular formula is C16H16ClNO4S. The van der Waals surface area contributed by atoms with Crippen LogP contribution in [0.4, 0.5) is 5.69 Å². The summed E-state index contributed by atoms with van der Waals surface area (Å²) < 4.78 is 26.5. The fourth-order valence-electron chi connectivity index (χ4n) is 2.05. The average molecular weight is 354 g/mol. The number of halogens is 1. The lowest BCUT2D eigenvalue weighted by Gasteiger charge is -2.23. The quantitative estimate of drug-likeness (QED) is 0.895. The highest BCUT2D eigenvalue weighted by Crippen LogP contribution is 2.26. The van der Waals surface area contributed by atoms with Crippen LogP contribution in [0.5, 0.6) is 0 Å². The predicted octanol–water partition coefficient (Wildman–Crippen LogP) is 3.24. The molecule has 0 fully saturated rings. The van der Waals surface area contributed by atoms with Crippen LogP contribution in [0.25, 0.3) is 0 Å². The molecule has 2 rings (SSSR count).